The number of carbonyl (C=O) groups is 1. The Labute approximate surface area is 260 Å². The minimum atomic E-state index is -4.55. The summed E-state index contributed by atoms with van der Waals surface area (Å²) in [7, 11) is -4.55. The number of fused-ring (bicyclic) bond motifs is 3. The van der Waals surface area contributed by atoms with E-state index < -0.39 is 56.1 Å². The van der Waals surface area contributed by atoms with Gasteiger partial charge in [-0.1, -0.05) is 0 Å². The summed E-state index contributed by atoms with van der Waals surface area (Å²) >= 11 is 0. The molecule has 1 fully saturated rings. The number of hydrogen-bond donors (Lipinski definition) is 1. The number of sulfone groups is 1. The number of carbonyl (C=O) groups excluding carboxylic acids is 1. The molecule has 3 aliphatic rings. The van der Waals surface area contributed by atoms with Gasteiger partial charge in [0.1, 0.15) is 17.3 Å². The van der Waals surface area contributed by atoms with E-state index in [0.717, 1.165) is 12.1 Å². The molecule has 1 amide bonds. The van der Waals surface area contributed by atoms with Crippen molar-refractivity contribution >= 4 is 44.0 Å². The molecule has 0 unspecified atom stereocenters. The van der Waals surface area contributed by atoms with E-state index in [9.17, 15) is 30.8 Å². The van der Waals surface area contributed by atoms with Crippen LogP contribution in [0.5, 0.6) is 11.5 Å². The highest BCUT2D eigenvalue weighted by atomic mass is 32.2. The lowest BCUT2D eigenvalue weighted by Crippen LogP contribution is -2.63. The summed E-state index contributed by atoms with van der Waals surface area (Å²) in [5.41, 5.74) is -1.11. The molecule has 7 rings (SSSR count). The van der Waals surface area contributed by atoms with Gasteiger partial charge in [-0.25, -0.2) is 35.9 Å². The van der Waals surface area contributed by atoms with Crippen molar-refractivity contribution in [3.63, 3.8) is 0 Å². The summed E-state index contributed by atoms with van der Waals surface area (Å²) in [4.78, 5) is 29.2. The van der Waals surface area contributed by atoms with E-state index in [4.69, 9.17) is 14.5 Å². The van der Waals surface area contributed by atoms with Crippen molar-refractivity contribution in [1.82, 2.24) is 20.3 Å². The van der Waals surface area contributed by atoms with Gasteiger partial charge >= 0.3 is 0 Å². The Balaban J connectivity index is 1.10. The number of benzene rings is 1. The first-order valence-corrected chi connectivity index (χ1v) is 15.9. The Hall–Kier alpha value is -4.73. The lowest BCUT2D eigenvalue weighted by molar-refractivity contribution is -0.0639. The number of nitrogens with one attached hydrogen (secondary N) is 1. The molecule has 2 atom stereocenters. The van der Waals surface area contributed by atoms with Crippen LogP contribution in [-0.2, 0) is 16.4 Å². The molecular weight excluding hydrogens is 632 g/mol. The number of ether oxygens (including phenoxy) is 2. The minimum absolute atomic E-state index is 0.104. The van der Waals surface area contributed by atoms with E-state index in [1.807, 2.05) is 11.0 Å². The lowest BCUT2D eigenvalue weighted by atomic mass is 9.99. The fraction of sp³-hybridized carbons (Fsp3) is 0.333. The van der Waals surface area contributed by atoms with E-state index in [2.05, 4.69) is 15.3 Å². The first kappa shape index (κ1) is 30.0. The van der Waals surface area contributed by atoms with Gasteiger partial charge in [-0.2, -0.15) is 0 Å². The van der Waals surface area contributed by atoms with Gasteiger partial charge in [0.25, 0.3) is 11.8 Å². The Kier molecular flexibility index (Phi) is 7.14. The average molecular weight is 659 g/mol. The summed E-state index contributed by atoms with van der Waals surface area (Å²) in [6.45, 7) is 1.40. The molecule has 0 spiro atoms. The highest BCUT2D eigenvalue weighted by Gasteiger charge is 2.52. The molecule has 3 aliphatic heterocycles. The SMILES string of the molecule is C[C@H]1N(c2cnc3c(c2)OCCN3c2ccc3cnc(CNC(=O)c4cc(F)c5c(c4)S(=O)(=O)[C@@H](F)CCO5)cc3n2)CC1(F)F. The zero-order valence-corrected chi connectivity index (χ0v) is 25.0. The van der Waals surface area contributed by atoms with E-state index in [0.29, 0.717) is 52.8 Å². The zero-order chi connectivity index (χ0) is 32.4. The molecule has 6 heterocycles. The number of hydrogen-bond acceptors (Lipinski definition) is 10. The van der Waals surface area contributed by atoms with Crippen LogP contribution in [0.1, 0.15) is 29.4 Å². The normalized spacial score (nSPS) is 21.2. The number of rotatable bonds is 5. The topological polar surface area (TPSA) is 127 Å². The van der Waals surface area contributed by atoms with Crippen LogP contribution in [0.2, 0.25) is 0 Å². The lowest BCUT2D eigenvalue weighted by Gasteiger charge is -2.47. The fourth-order valence-electron chi connectivity index (χ4n) is 5.56. The molecule has 16 heteroatoms. The largest absolute Gasteiger partial charge is 0.489 e. The van der Waals surface area contributed by atoms with Crippen molar-refractivity contribution in [2.45, 2.75) is 42.3 Å². The molecule has 3 aromatic heterocycles. The quantitative estimate of drug-likeness (QED) is 0.310. The number of pyridine rings is 3. The van der Waals surface area contributed by atoms with E-state index >= 15 is 0 Å². The van der Waals surface area contributed by atoms with Crippen LogP contribution in [0.15, 0.2) is 53.7 Å². The molecule has 0 saturated carbocycles. The summed E-state index contributed by atoms with van der Waals surface area (Å²) in [6.07, 6.45) is 2.65. The highest BCUT2D eigenvalue weighted by molar-refractivity contribution is 7.92. The Morgan fingerprint density at radius 2 is 1.93 bits per heavy atom. The van der Waals surface area contributed by atoms with Crippen molar-refractivity contribution < 1.29 is 40.2 Å². The van der Waals surface area contributed by atoms with Gasteiger partial charge in [-0.05, 0) is 37.3 Å². The van der Waals surface area contributed by atoms with Gasteiger partial charge in [-0.3, -0.25) is 9.78 Å². The van der Waals surface area contributed by atoms with Crippen LogP contribution in [-0.4, -0.2) is 73.0 Å². The maximum atomic E-state index is 14.7. The molecule has 46 heavy (non-hydrogen) atoms. The molecule has 240 valence electrons. The zero-order valence-electron chi connectivity index (χ0n) is 24.2. The van der Waals surface area contributed by atoms with Gasteiger partial charge in [0, 0.05) is 29.6 Å². The van der Waals surface area contributed by atoms with Crippen LogP contribution < -0.4 is 24.6 Å². The highest BCUT2D eigenvalue weighted by Crippen LogP contribution is 2.42. The van der Waals surface area contributed by atoms with E-state index in [1.54, 1.807) is 29.3 Å². The second kappa shape index (κ2) is 11.0. The Morgan fingerprint density at radius 3 is 2.72 bits per heavy atom. The first-order chi connectivity index (χ1) is 21.9. The van der Waals surface area contributed by atoms with Crippen molar-refractivity contribution in [2.75, 3.05) is 36.1 Å². The second-order valence-corrected chi connectivity index (χ2v) is 13.2. The standard InChI is InChI=1S/C30H26F4N6O5S/c1-16-30(33,34)15-40(16)20-11-23-28(36-14-20)39(5-7-44-23)26-3-2-17-12-35-19(10-22(17)38-26)13-37-29(41)18-8-21(31)27-24(9-18)46(42,43)25(32)4-6-45-27/h2-3,8-12,14,16,25H,4-7,13,15H2,1H3,(H,37,41)/t16-,25-/m1/s1. The van der Waals surface area contributed by atoms with E-state index in [-0.39, 0.29) is 25.3 Å². The Morgan fingerprint density at radius 1 is 1.11 bits per heavy atom. The number of amides is 1. The van der Waals surface area contributed by atoms with Gasteiger partial charge in [-0.15, -0.1) is 0 Å². The van der Waals surface area contributed by atoms with Gasteiger partial charge < -0.3 is 24.6 Å². The predicted octanol–water partition coefficient (Wildman–Crippen LogP) is 4.32. The molecule has 0 radical (unpaired) electrons. The van der Waals surface area contributed by atoms with Gasteiger partial charge in [0.15, 0.2) is 23.1 Å². The molecule has 1 N–H and O–H groups in total. The van der Waals surface area contributed by atoms with Crippen LogP contribution in [0.25, 0.3) is 10.9 Å². The van der Waals surface area contributed by atoms with Crippen molar-refractivity contribution in [3.8, 4) is 11.5 Å². The Bertz CT molecular complexity index is 2000. The summed E-state index contributed by atoms with van der Waals surface area (Å²) < 4.78 is 92.5. The number of halogens is 4. The third-order valence-electron chi connectivity index (χ3n) is 8.27. The van der Waals surface area contributed by atoms with Crippen LogP contribution in [0.4, 0.5) is 34.9 Å². The smallest absolute Gasteiger partial charge is 0.284 e. The molecular formula is C30H26F4N6O5S. The van der Waals surface area contributed by atoms with Gasteiger partial charge in [0.2, 0.25) is 15.3 Å². The summed E-state index contributed by atoms with van der Waals surface area (Å²) in [5, 5.41) is 3.29. The number of aromatic nitrogens is 3. The fourth-order valence-corrected chi connectivity index (χ4v) is 6.95. The van der Waals surface area contributed by atoms with Gasteiger partial charge in [0.05, 0.1) is 55.4 Å². The summed E-state index contributed by atoms with van der Waals surface area (Å²) in [5.74, 6) is -3.77. The van der Waals surface area contributed by atoms with Crippen molar-refractivity contribution in [3.05, 3.63) is 65.9 Å². The van der Waals surface area contributed by atoms with Crippen LogP contribution >= 0.6 is 0 Å². The number of nitrogens with zero attached hydrogens (tertiary/aromatic N) is 5. The maximum absolute atomic E-state index is 14.7. The second-order valence-electron chi connectivity index (χ2n) is 11.2. The summed E-state index contributed by atoms with van der Waals surface area (Å²) in [6, 6.07) is 7.76. The monoisotopic (exact) mass is 658 g/mol. The molecule has 0 aliphatic carbocycles. The molecule has 4 aromatic rings. The third-order valence-corrected chi connectivity index (χ3v) is 10.1. The van der Waals surface area contributed by atoms with Crippen molar-refractivity contribution in [1.29, 1.82) is 0 Å². The molecule has 0 bridgehead atoms. The average Bonchev–Trinajstić information content (AvgIpc) is 3.16. The molecule has 11 nitrogen and oxygen atoms in total. The third kappa shape index (κ3) is 5.09. The maximum Gasteiger partial charge on any atom is 0.284 e. The molecule has 1 aromatic carbocycles. The number of alkyl halides is 3. The first-order valence-electron chi connectivity index (χ1n) is 14.4. The van der Waals surface area contributed by atoms with E-state index in [1.165, 1.54) is 13.1 Å². The molecule has 1 saturated heterocycles. The van der Waals surface area contributed by atoms with Crippen molar-refractivity contribution in [2.24, 2.45) is 0 Å². The number of anilines is 3. The van der Waals surface area contributed by atoms with Crippen LogP contribution in [0.3, 0.4) is 0 Å². The minimum Gasteiger partial charge on any atom is -0.489 e. The van der Waals surface area contributed by atoms with Crippen LogP contribution in [0, 0.1) is 5.82 Å². The predicted molar refractivity (Wildman–Crippen MR) is 158 cm³/mol.